The number of nitrogens with zero attached hydrogens (tertiary/aromatic N) is 2. The van der Waals surface area contributed by atoms with Gasteiger partial charge < -0.3 is 5.32 Å². The molecule has 23 heavy (non-hydrogen) atoms. The molecule has 0 radical (unpaired) electrons. The van der Waals surface area contributed by atoms with Gasteiger partial charge in [-0.15, -0.1) is 0 Å². The van der Waals surface area contributed by atoms with E-state index in [2.05, 4.69) is 95.3 Å². The van der Waals surface area contributed by atoms with Gasteiger partial charge in [0.05, 0.1) is 0 Å². The van der Waals surface area contributed by atoms with Crippen LogP contribution in [-0.4, -0.2) is 39.0 Å². The van der Waals surface area contributed by atoms with E-state index in [1.807, 2.05) is 0 Å². The molecule has 0 saturated carbocycles. The predicted molar refractivity (Wildman–Crippen MR) is 106 cm³/mol. The Kier molecular flexibility index (Phi) is 6.90. The molecule has 134 valence electrons. The van der Waals surface area contributed by atoms with Gasteiger partial charge in [-0.1, -0.05) is 6.08 Å². The normalized spacial score (nSPS) is 23.6. The Hall–Kier alpha value is -0.370. The van der Waals surface area contributed by atoms with E-state index in [1.54, 1.807) is 0 Å². The molecule has 4 heteroatoms. The molecular formula is C19H38N3P. The maximum Gasteiger partial charge on any atom is 0.0284 e. The second-order valence-electron chi connectivity index (χ2n) is 9.47. The third kappa shape index (κ3) is 7.83. The summed E-state index contributed by atoms with van der Waals surface area (Å²) in [6.45, 7) is 22.6. The Labute approximate surface area is 146 Å². The van der Waals surface area contributed by atoms with Crippen LogP contribution in [0.4, 0.5) is 0 Å². The zero-order valence-electron chi connectivity index (χ0n) is 16.7. The predicted octanol–water partition coefficient (Wildman–Crippen LogP) is 4.93. The second kappa shape index (κ2) is 7.68. The van der Waals surface area contributed by atoms with Gasteiger partial charge in [-0.05, 0) is 86.6 Å². The quantitative estimate of drug-likeness (QED) is 0.720. The van der Waals surface area contributed by atoms with Crippen molar-refractivity contribution in [2.24, 2.45) is 0 Å². The van der Waals surface area contributed by atoms with Gasteiger partial charge in [0.1, 0.15) is 0 Å². The summed E-state index contributed by atoms with van der Waals surface area (Å²) in [6.07, 6.45) is 7.89. The highest BCUT2D eigenvalue weighted by Crippen LogP contribution is 2.38. The monoisotopic (exact) mass is 339 g/mol. The van der Waals surface area contributed by atoms with Crippen LogP contribution in [0.1, 0.15) is 68.7 Å². The number of hydrogen-bond acceptors (Lipinski definition) is 3. The van der Waals surface area contributed by atoms with E-state index in [4.69, 9.17) is 0 Å². The minimum atomic E-state index is 0.118. The first-order chi connectivity index (χ1) is 10.3. The molecule has 0 fully saturated rings. The SMILES string of the molecule is CC(C)(C)NC=C/C1=C\CCN(C(C)(C)C)PN(C(C)(C)C)C1. The van der Waals surface area contributed by atoms with Gasteiger partial charge in [-0.25, -0.2) is 0 Å². The van der Waals surface area contributed by atoms with Gasteiger partial charge in [-0.3, -0.25) is 9.34 Å². The van der Waals surface area contributed by atoms with Crippen LogP contribution in [0.15, 0.2) is 23.9 Å². The molecule has 0 bridgehead atoms. The fourth-order valence-electron chi connectivity index (χ4n) is 2.25. The summed E-state index contributed by atoms with van der Waals surface area (Å²) in [5.41, 5.74) is 1.92. The average molecular weight is 340 g/mol. The third-order valence-electron chi connectivity index (χ3n) is 3.77. The zero-order chi connectivity index (χ0) is 17.9. The average Bonchev–Trinajstić information content (AvgIpc) is 2.26. The molecule has 1 N–H and O–H groups in total. The van der Waals surface area contributed by atoms with Crippen LogP contribution >= 0.6 is 8.88 Å². The summed E-state index contributed by atoms with van der Waals surface area (Å²) in [4.78, 5) is 0. The van der Waals surface area contributed by atoms with Gasteiger partial charge in [0.25, 0.3) is 0 Å². The summed E-state index contributed by atoms with van der Waals surface area (Å²) in [5, 5.41) is 3.44. The molecule has 1 unspecified atom stereocenters. The Morgan fingerprint density at radius 2 is 1.52 bits per heavy atom. The van der Waals surface area contributed by atoms with Crippen molar-refractivity contribution in [3.63, 3.8) is 0 Å². The molecule has 1 heterocycles. The van der Waals surface area contributed by atoms with Crippen molar-refractivity contribution in [2.45, 2.75) is 85.4 Å². The van der Waals surface area contributed by atoms with Gasteiger partial charge in [-0.2, -0.15) is 0 Å². The van der Waals surface area contributed by atoms with Crippen LogP contribution in [0.5, 0.6) is 0 Å². The molecule has 0 aliphatic carbocycles. The van der Waals surface area contributed by atoms with Crippen LogP contribution in [0.25, 0.3) is 0 Å². The maximum absolute atomic E-state index is 3.44. The lowest BCUT2D eigenvalue weighted by Gasteiger charge is -2.45. The van der Waals surface area contributed by atoms with Crippen molar-refractivity contribution < 1.29 is 0 Å². The highest BCUT2D eigenvalue weighted by atomic mass is 31.1. The van der Waals surface area contributed by atoms with Gasteiger partial charge >= 0.3 is 0 Å². The van der Waals surface area contributed by atoms with E-state index in [0.29, 0.717) is 0 Å². The Morgan fingerprint density at radius 1 is 0.957 bits per heavy atom. The van der Waals surface area contributed by atoms with E-state index in [1.165, 1.54) is 5.57 Å². The van der Waals surface area contributed by atoms with Gasteiger partial charge in [0, 0.05) is 38.6 Å². The smallest absolute Gasteiger partial charge is 0.0284 e. The van der Waals surface area contributed by atoms with Crippen LogP contribution in [0, 0.1) is 0 Å². The fraction of sp³-hybridized carbons (Fsp3) is 0.789. The second-order valence-corrected chi connectivity index (χ2v) is 10.8. The first-order valence-corrected chi connectivity index (χ1v) is 9.63. The number of hydrogen-bond donors (Lipinski definition) is 1. The molecule has 1 aliphatic heterocycles. The lowest BCUT2D eigenvalue weighted by atomic mass is 10.1. The molecule has 1 rings (SSSR count). The standard InChI is InChI=1S/C19H38N3P/c1-17(2,3)20-13-12-16-11-10-14-21(18(4,5)6)23-22(15-16)19(7,8)9/h11-13,20,23H,10,14-15H2,1-9H3/b13-12?,16-11+. The zero-order valence-corrected chi connectivity index (χ0v) is 17.7. The van der Waals surface area contributed by atoms with Gasteiger partial charge in [0.2, 0.25) is 0 Å². The minimum absolute atomic E-state index is 0.118. The van der Waals surface area contributed by atoms with Crippen molar-refractivity contribution in [2.75, 3.05) is 13.1 Å². The van der Waals surface area contributed by atoms with Crippen LogP contribution in [-0.2, 0) is 0 Å². The van der Waals surface area contributed by atoms with Crippen LogP contribution in [0.2, 0.25) is 0 Å². The summed E-state index contributed by atoms with van der Waals surface area (Å²) in [5.74, 6) is 0. The van der Waals surface area contributed by atoms with Crippen molar-refractivity contribution in [3.8, 4) is 0 Å². The molecule has 0 aromatic heterocycles. The van der Waals surface area contributed by atoms with Crippen LogP contribution < -0.4 is 5.32 Å². The van der Waals surface area contributed by atoms with Crippen molar-refractivity contribution in [3.05, 3.63) is 23.9 Å². The molecule has 0 aromatic carbocycles. The van der Waals surface area contributed by atoms with E-state index in [9.17, 15) is 0 Å². The molecule has 0 aromatic rings. The fourth-order valence-corrected chi connectivity index (χ4v) is 3.62. The topological polar surface area (TPSA) is 18.5 Å². The van der Waals surface area contributed by atoms with Crippen LogP contribution in [0.3, 0.4) is 0 Å². The summed E-state index contributed by atoms with van der Waals surface area (Å²) >= 11 is 0. The molecular weight excluding hydrogens is 301 g/mol. The van der Waals surface area contributed by atoms with Gasteiger partial charge in [0.15, 0.2) is 0 Å². The van der Waals surface area contributed by atoms with Crippen molar-refractivity contribution >= 4 is 8.88 Å². The lowest BCUT2D eigenvalue weighted by Crippen LogP contribution is -2.44. The molecule has 0 amide bonds. The van der Waals surface area contributed by atoms with E-state index in [-0.39, 0.29) is 16.6 Å². The van der Waals surface area contributed by atoms with E-state index < -0.39 is 0 Å². The summed E-state index contributed by atoms with van der Waals surface area (Å²) < 4.78 is 5.22. The minimum Gasteiger partial charge on any atom is -0.386 e. The molecule has 0 spiro atoms. The molecule has 0 saturated heterocycles. The Morgan fingerprint density at radius 3 is 2.00 bits per heavy atom. The molecule has 1 atom stereocenters. The summed E-state index contributed by atoms with van der Waals surface area (Å²) in [6, 6.07) is 0. The Bertz CT molecular complexity index is 433. The Balaban J connectivity index is 2.92. The van der Waals surface area contributed by atoms with Crippen molar-refractivity contribution in [1.82, 2.24) is 14.7 Å². The highest BCUT2D eigenvalue weighted by Gasteiger charge is 2.29. The molecule has 3 nitrogen and oxygen atoms in total. The molecule has 1 aliphatic rings. The number of nitrogens with one attached hydrogen (secondary N) is 1. The highest BCUT2D eigenvalue weighted by molar-refractivity contribution is 7.32. The first-order valence-electron chi connectivity index (χ1n) is 8.74. The third-order valence-corrected chi connectivity index (χ3v) is 5.98. The lowest BCUT2D eigenvalue weighted by molar-refractivity contribution is 0.221. The first kappa shape index (κ1) is 20.7. The maximum atomic E-state index is 3.44. The summed E-state index contributed by atoms with van der Waals surface area (Å²) in [7, 11) is 0.727. The van der Waals surface area contributed by atoms with E-state index in [0.717, 1.165) is 28.4 Å². The number of rotatable bonds is 2. The van der Waals surface area contributed by atoms with E-state index >= 15 is 0 Å². The van der Waals surface area contributed by atoms with Crippen molar-refractivity contribution in [1.29, 1.82) is 0 Å². The largest absolute Gasteiger partial charge is 0.386 e.